The molecule has 1 aromatic carbocycles. The molecule has 5 nitrogen and oxygen atoms in total. The number of hydrogen-bond acceptors (Lipinski definition) is 2. The zero-order valence-electron chi connectivity index (χ0n) is 12.8. The van der Waals surface area contributed by atoms with Crippen molar-refractivity contribution in [2.45, 2.75) is 26.7 Å². The van der Waals surface area contributed by atoms with E-state index < -0.39 is 11.9 Å². The third kappa shape index (κ3) is 4.00. The standard InChI is InChI=1S/C16H21BrN2O3/c1-3-11-7-13(17)4-5-14(11)18-16(22)19-8-10(2)6-12(9-19)15(20)21/h4-5,7,10,12H,3,6,8-9H2,1-2H3,(H,18,22)(H,20,21). The van der Waals surface area contributed by atoms with Crippen LogP contribution in [-0.4, -0.2) is 35.1 Å². The number of rotatable bonds is 3. The highest BCUT2D eigenvalue weighted by molar-refractivity contribution is 9.10. The Morgan fingerprint density at radius 3 is 2.77 bits per heavy atom. The van der Waals surface area contributed by atoms with E-state index in [4.69, 9.17) is 0 Å². The van der Waals surface area contributed by atoms with Crippen LogP contribution in [0.25, 0.3) is 0 Å². The summed E-state index contributed by atoms with van der Waals surface area (Å²) in [6.07, 6.45) is 1.43. The van der Waals surface area contributed by atoms with E-state index in [1.54, 1.807) is 4.90 Å². The van der Waals surface area contributed by atoms with Crippen molar-refractivity contribution in [3.8, 4) is 0 Å². The van der Waals surface area contributed by atoms with Gasteiger partial charge in [-0.25, -0.2) is 4.79 Å². The van der Waals surface area contributed by atoms with Crippen LogP contribution in [-0.2, 0) is 11.2 Å². The number of aliphatic carboxylic acids is 1. The molecular weight excluding hydrogens is 348 g/mol. The summed E-state index contributed by atoms with van der Waals surface area (Å²) in [4.78, 5) is 25.3. The fourth-order valence-corrected chi connectivity index (χ4v) is 3.28. The topological polar surface area (TPSA) is 69.6 Å². The molecule has 22 heavy (non-hydrogen) atoms. The van der Waals surface area contributed by atoms with Gasteiger partial charge in [0.25, 0.3) is 0 Å². The van der Waals surface area contributed by atoms with Crippen molar-refractivity contribution in [1.29, 1.82) is 0 Å². The summed E-state index contributed by atoms with van der Waals surface area (Å²) in [5.41, 5.74) is 1.82. The number of hydrogen-bond donors (Lipinski definition) is 2. The predicted molar refractivity (Wildman–Crippen MR) is 89.0 cm³/mol. The van der Waals surface area contributed by atoms with Gasteiger partial charge >= 0.3 is 12.0 Å². The lowest BCUT2D eigenvalue weighted by atomic mass is 9.91. The molecule has 1 fully saturated rings. The van der Waals surface area contributed by atoms with Crippen LogP contribution in [0.1, 0.15) is 25.8 Å². The number of urea groups is 1. The Balaban J connectivity index is 2.10. The second kappa shape index (κ2) is 7.13. The van der Waals surface area contributed by atoms with E-state index >= 15 is 0 Å². The lowest BCUT2D eigenvalue weighted by Gasteiger charge is -2.34. The lowest BCUT2D eigenvalue weighted by molar-refractivity contribution is -0.143. The van der Waals surface area contributed by atoms with Gasteiger partial charge in [0.05, 0.1) is 5.92 Å². The molecule has 2 rings (SSSR count). The number of piperidine rings is 1. The minimum absolute atomic E-state index is 0.191. The van der Waals surface area contributed by atoms with Crippen LogP contribution in [0.2, 0.25) is 0 Å². The molecule has 0 saturated carbocycles. The minimum Gasteiger partial charge on any atom is -0.481 e. The van der Waals surface area contributed by atoms with Crippen LogP contribution in [0.3, 0.4) is 0 Å². The molecule has 0 aromatic heterocycles. The largest absolute Gasteiger partial charge is 0.481 e. The number of anilines is 1. The van der Waals surface area contributed by atoms with E-state index in [9.17, 15) is 14.7 Å². The molecule has 2 N–H and O–H groups in total. The van der Waals surface area contributed by atoms with Crippen molar-refractivity contribution < 1.29 is 14.7 Å². The number of carbonyl (C=O) groups is 2. The highest BCUT2D eigenvalue weighted by Gasteiger charge is 2.32. The minimum atomic E-state index is -0.831. The summed E-state index contributed by atoms with van der Waals surface area (Å²) in [7, 11) is 0. The third-order valence-electron chi connectivity index (χ3n) is 3.99. The number of nitrogens with zero attached hydrogens (tertiary/aromatic N) is 1. The van der Waals surface area contributed by atoms with Crippen LogP contribution < -0.4 is 5.32 Å². The van der Waals surface area contributed by atoms with Crippen molar-refractivity contribution in [3.05, 3.63) is 28.2 Å². The van der Waals surface area contributed by atoms with Crippen molar-refractivity contribution in [2.75, 3.05) is 18.4 Å². The molecule has 2 amide bonds. The second-order valence-corrected chi connectivity index (χ2v) is 6.78. The van der Waals surface area contributed by atoms with Crippen LogP contribution in [0.5, 0.6) is 0 Å². The van der Waals surface area contributed by atoms with Crippen molar-refractivity contribution in [2.24, 2.45) is 11.8 Å². The molecule has 1 aromatic rings. The number of carboxylic acids is 1. The number of nitrogens with one attached hydrogen (secondary N) is 1. The Labute approximate surface area is 138 Å². The summed E-state index contributed by atoms with van der Waals surface area (Å²) >= 11 is 3.42. The maximum atomic E-state index is 12.4. The summed E-state index contributed by atoms with van der Waals surface area (Å²) in [6.45, 7) is 4.87. The van der Waals surface area contributed by atoms with Crippen LogP contribution in [0.4, 0.5) is 10.5 Å². The highest BCUT2D eigenvalue weighted by atomic mass is 79.9. The molecule has 6 heteroatoms. The SMILES string of the molecule is CCc1cc(Br)ccc1NC(=O)N1CC(C)CC(C(=O)O)C1. The van der Waals surface area contributed by atoms with E-state index in [2.05, 4.69) is 21.2 Å². The number of benzene rings is 1. The Hall–Kier alpha value is -1.56. The van der Waals surface area contributed by atoms with Crippen LogP contribution in [0, 0.1) is 11.8 Å². The van der Waals surface area contributed by atoms with E-state index in [0.29, 0.717) is 13.0 Å². The Morgan fingerprint density at radius 1 is 1.41 bits per heavy atom. The summed E-state index contributed by atoms with van der Waals surface area (Å²) in [5.74, 6) is -1.12. The van der Waals surface area contributed by atoms with Gasteiger partial charge in [0, 0.05) is 23.2 Å². The Bertz CT molecular complexity index is 577. The maximum absolute atomic E-state index is 12.4. The molecule has 1 saturated heterocycles. The monoisotopic (exact) mass is 368 g/mol. The average molecular weight is 369 g/mol. The molecule has 1 aliphatic rings. The number of halogens is 1. The van der Waals surface area contributed by atoms with E-state index in [1.165, 1.54) is 0 Å². The second-order valence-electron chi connectivity index (χ2n) is 5.87. The first kappa shape index (κ1) is 16.8. The molecule has 1 heterocycles. The van der Waals surface area contributed by atoms with Crippen molar-refractivity contribution >= 4 is 33.6 Å². The third-order valence-corrected chi connectivity index (χ3v) is 4.48. The smallest absolute Gasteiger partial charge is 0.321 e. The first-order valence-corrected chi connectivity index (χ1v) is 8.27. The number of aryl methyl sites for hydroxylation is 1. The van der Waals surface area contributed by atoms with Gasteiger partial charge in [-0.1, -0.05) is 29.8 Å². The van der Waals surface area contributed by atoms with Crippen LogP contribution in [0.15, 0.2) is 22.7 Å². The number of carbonyl (C=O) groups excluding carboxylic acids is 1. The normalized spacial score (nSPS) is 21.5. The van der Waals surface area contributed by atoms with Crippen molar-refractivity contribution in [1.82, 2.24) is 4.90 Å². The molecule has 1 aliphatic heterocycles. The van der Waals surface area contributed by atoms with Gasteiger partial charge in [-0.05, 0) is 42.5 Å². The van der Waals surface area contributed by atoms with Gasteiger partial charge in [0.2, 0.25) is 0 Å². The Morgan fingerprint density at radius 2 is 2.14 bits per heavy atom. The molecule has 0 spiro atoms. The van der Waals surface area contributed by atoms with E-state index in [1.807, 2.05) is 32.0 Å². The highest BCUT2D eigenvalue weighted by Crippen LogP contribution is 2.25. The zero-order valence-corrected chi connectivity index (χ0v) is 14.4. The van der Waals surface area contributed by atoms with Gasteiger partial charge in [-0.3, -0.25) is 4.79 Å². The summed E-state index contributed by atoms with van der Waals surface area (Å²) in [6, 6.07) is 5.50. The van der Waals surface area contributed by atoms with Crippen LogP contribution >= 0.6 is 15.9 Å². The van der Waals surface area contributed by atoms with Gasteiger partial charge in [-0.15, -0.1) is 0 Å². The lowest BCUT2D eigenvalue weighted by Crippen LogP contribution is -2.47. The summed E-state index contributed by atoms with van der Waals surface area (Å²) < 4.78 is 0.972. The molecule has 0 aliphatic carbocycles. The molecule has 2 unspecified atom stereocenters. The molecular formula is C16H21BrN2O3. The first-order chi connectivity index (χ1) is 10.4. The molecule has 120 valence electrons. The summed E-state index contributed by atoms with van der Waals surface area (Å²) in [5, 5.41) is 12.1. The fraction of sp³-hybridized carbons (Fsp3) is 0.500. The quantitative estimate of drug-likeness (QED) is 0.856. The first-order valence-electron chi connectivity index (χ1n) is 7.47. The average Bonchev–Trinajstić information content (AvgIpc) is 2.48. The molecule has 0 bridgehead atoms. The maximum Gasteiger partial charge on any atom is 0.321 e. The number of carboxylic acid groups (broad SMARTS) is 1. The van der Waals surface area contributed by atoms with Gasteiger partial charge in [0.15, 0.2) is 0 Å². The fourth-order valence-electron chi connectivity index (χ4n) is 2.87. The van der Waals surface area contributed by atoms with Crippen molar-refractivity contribution in [3.63, 3.8) is 0 Å². The molecule has 0 radical (unpaired) electrons. The number of likely N-dealkylation sites (tertiary alicyclic amines) is 1. The zero-order chi connectivity index (χ0) is 16.3. The van der Waals surface area contributed by atoms with Gasteiger partial charge < -0.3 is 15.3 Å². The van der Waals surface area contributed by atoms with Gasteiger partial charge in [0.1, 0.15) is 0 Å². The van der Waals surface area contributed by atoms with Gasteiger partial charge in [-0.2, -0.15) is 0 Å². The van der Waals surface area contributed by atoms with E-state index in [-0.39, 0.29) is 18.5 Å². The predicted octanol–water partition coefficient (Wildman–Crippen LogP) is 3.59. The number of amides is 2. The Kier molecular flexibility index (Phi) is 5.45. The van der Waals surface area contributed by atoms with E-state index in [0.717, 1.165) is 22.1 Å². The molecule has 2 atom stereocenters.